The topological polar surface area (TPSA) is 48.4 Å². The molecule has 1 aliphatic rings. The van der Waals surface area contributed by atoms with E-state index in [9.17, 15) is 0 Å². The number of hydrogen-bond acceptors (Lipinski definition) is 4. The van der Waals surface area contributed by atoms with Gasteiger partial charge in [0.25, 0.3) is 0 Å². The first kappa shape index (κ1) is 9.49. The second kappa shape index (κ2) is 4.44. The van der Waals surface area contributed by atoms with Crippen LogP contribution in [0.15, 0.2) is 18.3 Å². The third-order valence-corrected chi connectivity index (χ3v) is 2.43. The van der Waals surface area contributed by atoms with E-state index >= 15 is 0 Å². The summed E-state index contributed by atoms with van der Waals surface area (Å²) in [5.41, 5.74) is 0.925. The zero-order chi connectivity index (χ0) is 9.80. The molecule has 0 saturated carbocycles. The molecule has 1 aromatic heterocycles. The normalized spacial score (nSPS) is 16.8. The molecule has 0 unspecified atom stereocenters. The van der Waals surface area contributed by atoms with Gasteiger partial charge in [-0.1, -0.05) is 0 Å². The lowest BCUT2D eigenvalue weighted by Crippen LogP contribution is -2.44. The summed E-state index contributed by atoms with van der Waals surface area (Å²) in [6.45, 7) is 3.99. The highest BCUT2D eigenvalue weighted by molar-refractivity contribution is 6.45. The molecule has 0 aliphatic carbocycles. The van der Waals surface area contributed by atoms with Gasteiger partial charge in [-0.25, -0.2) is 4.98 Å². The summed E-state index contributed by atoms with van der Waals surface area (Å²) >= 11 is 0. The van der Waals surface area contributed by atoms with Crippen molar-refractivity contribution in [3.63, 3.8) is 0 Å². The lowest BCUT2D eigenvalue weighted by Gasteiger charge is -2.28. The lowest BCUT2D eigenvalue weighted by molar-refractivity contribution is 0.585. The summed E-state index contributed by atoms with van der Waals surface area (Å²) in [5.74, 6) is 0.970. The van der Waals surface area contributed by atoms with Gasteiger partial charge in [0.05, 0.1) is 0 Å². The fourth-order valence-electron chi connectivity index (χ4n) is 1.63. The van der Waals surface area contributed by atoms with E-state index < -0.39 is 0 Å². The van der Waals surface area contributed by atoms with Crippen molar-refractivity contribution in [2.45, 2.75) is 0 Å². The minimum absolute atomic E-state index is 0.0849. The molecular formula is C9H14BN3O. The molecule has 1 aromatic rings. The second-order valence-corrected chi connectivity index (χ2v) is 3.42. The number of hydrogen-bond donors (Lipinski definition) is 2. The van der Waals surface area contributed by atoms with Crippen LogP contribution in [0.4, 0.5) is 5.82 Å². The predicted molar refractivity (Wildman–Crippen MR) is 58.3 cm³/mol. The van der Waals surface area contributed by atoms with Gasteiger partial charge in [-0.3, -0.25) is 0 Å². The third-order valence-electron chi connectivity index (χ3n) is 2.43. The number of rotatable bonds is 2. The van der Waals surface area contributed by atoms with Gasteiger partial charge < -0.3 is 15.2 Å². The Morgan fingerprint density at radius 2 is 2.21 bits per heavy atom. The third kappa shape index (κ3) is 2.05. The first-order chi connectivity index (χ1) is 6.90. The molecule has 1 fully saturated rings. The number of anilines is 1. The van der Waals surface area contributed by atoms with Crippen LogP contribution in [-0.4, -0.2) is 43.7 Å². The summed E-state index contributed by atoms with van der Waals surface area (Å²) in [5, 5.41) is 12.3. The average Bonchev–Trinajstić information content (AvgIpc) is 2.30. The monoisotopic (exact) mass is 191 g/mol. The molecule has 0 spiro atoms. The van der Waals surface area contributed by atoms with Gasteiger partial charge in [0.15, 0.2) is 0 Å². The maximum absolute atomic E-state index is 9.00. The van der Waals surface area contributed by atoms with Crippen LogP contribution in [0.2, 0.25) is 0 Å². The van der Waals surface area contributed by atoms with Crippen LogP contribution in [0.1, 0.15) is 0 Å². The highest BCUT2D eigenvalue weighted by Gasteiger charge is 2.11. The summed E-state index contributed by atoms with van der Waals surface area (Å²) in [7, 11) is 0.0849. The molecule has 0 radical (unpaired) electrons. The van der Waals surface area contributed by atoms with Crippen LogP contribution >= 0.6 is 0 Å². The Labute approximate surface area is 84.2 Å². The van der Waals surface area contributed by atoms with Gasteiger partial charge in [-0.2, -0.15) is 0 Å². The molecule has 0 bridgehead atoms. The van der Waals surface area contributed by atoms with Gasteiger partial charge in [-0.15, -0.1) is 0 Å². The molecule has 0 amide bonds. The summed E-state index contributed by atoms with van der Waals surface area (Å²) < 4.78 is 0. The molecule has 4 nitrogen and oxygen atoms in total. The van der Waals surface area contributed by atoms with Gasteiger partial charge in [0.2, 0.25) is 0 Å². The van der Waals surface area contributed by atoms with Crippen molar-refractivity contribution in [1.82, 2.24) is 10.3 Å². The molecule has 2 N–H and O–H groups in total. The standard InChI is InChI=1S/C9H14BN3O/c14-10-8-1-2-12-9(7-8)13-5-3-11-4-6-13/h1-2,7,10-11,14H,3-6H2. The fraction of sp³-hybridized carbons (Fsp3) is 0.444. The zero-order valence-electron chi connectivity index (χ0n) is 8.11. The molecule has 1 aliphatic heterocycles. The summed E-state index contributed by atoms with van der Waals surface area (Å²) in [4.78, 5) is 6.53. The first-order valence-corrected chi connectivity index (χ1v) is 4.91. The molecule has 1 saturated heterocycles. The largest absolute Gasteiger partial charge is 0.449 e. The minimum Gasteiger partial charge on any atom is -0.449 e. The van der Waals surface area contributed by atoms with E-state index in [-0.39, 0.29) is 7.48 Å². The lowest BCUT2D eigenvalue weighted by atomic mass is 9.90. The Hall–Kier alpha value is -1.07. The smallest absolute Gasteiger partial charge is 0.304 e. The van der Waals surface area contributed by atoms with Gasteiger partial charge >= 0.3 is 7.48 Å². The average molecular weight is 191 g/mol. The number of nitrogens with zero attached hydrogens (tertiary/aromatic N) is 2. The van der Waals surface area contributed by atoms with Crippen molar-refractivity contribution in [2.24, 2.45) is 0 Å². The Morgan fingerprint density at radius 3 is 2.93 bits per heavy atom. The van der Waals surface area contributed by atoms with E-state index in [4.69, 9.17) is 5.02 Å². The van der Waals surface area contributed by atoms with Crippen molar-refractivity contribution in [2.75, 3.05) is 31.1 Å². The SMILES string of the molecule is OBc1ccnc(N2CCNCC2)c1. The van der Waals surface area contributed by atoms with Crippen molar-refractivity contribution in [1.29, 1.82) is 0 Å². The van der Waals surface area contributed by atoms with Crippen LogP contribution in [0, 0.1) is 0 Å². The van der Waals surface area contributed by atoms with Crippen LogP contribution in [0.5, 0.6) is 0 Å². The zero-order valence-corrected chi connectivity index (χ0v) is 8.11. The highest BCUT2D eigenvalue weighted by atomic mass is 16.2. The molecule has 0 atom stereocenters. The molecule has 5 heteroatoms. The van der Waals surface area contributed by atoms with Crippen molar-refractivity contribution < 1.29 is 5.02 Å². The van der Waals surface area contributed by atoms with Crippen LogP contribution < -0.4 is 15.7 Å². The second-order valence-electron chi connectivity index (χ2n) is 3.42. The number of aromatic nitrogens is 1. The van der Waals surface area contributed by atoms with E-state index in [1.54, 1.807) is 6.20 Å². The first-order valence-electron chi connectivity index (χ1n) is 4.91. The Morgan fingerprint density at radius 1 is 1.43 bits per heavy atom. The van der Waals surface area contributed by atoms with Gasteiger partial charge in [0.1, 0.15) is 5.82 Å². The highest BCUT2D eigenvalue weighted by Crippen LogP contribution is 2.07. The Bertz CT molecular complexity index is 302. The Balaban J connectivity index is 2.13. The number of piperazine rings is 1. The molecule has 0 aromatic carbocycles. The van der Waals surface area contributed by atoms with Crippen LogP contribution in [0.3, 0.4) is 0 Å². The fourth-order valence-corrected chi connectivity index (χ4v) is 1.63. The minimum atomic E-state index is 0.0849. The number of pyridine rings is 1. The van der Waals surface area contributed by atoms with Crippen molar-refractivity contribution in [3.05, 3.63) is 18.3 Å². The molecule has 2 rings (SSSR count). The van der Waals surface area contributed by atoms with Crippen molar-refractivity contribution >= 4 is 18.8 Å². The van der Waals surface area contributed by atoms with Crippen LogP contribution in [0.25, 0.3) is 0 Å². The van der Waals surface area contributed by atoms with Crippen molar-refractivity contribution in [3.8, 4) is 0 Å². The van der Waals surface area contributed by atoms with E-state index in [0.29, 0.717) is 0 Å². The van der Waals surface area contributed by atoms with Crippen LogP contribution in [-0.2, 0) is 0 Å². The molecule has 74 valence electrons. The Kier molecular flexibility index (Phi) is 3.01. The van der Waals surface area contributed by atoms with Gasteiger partial charge in [0, 0.05) is 32.4 Å². The summed E-state index contributed by atoms with van der Waals surface area (Å²) in [6, 6.07) is 3.79. The number of nitrogens with one attached hydrogen (secondary N) is 1. The molecular weight excluding hydrogens is 177 g/mol. The van der Waals surface area contributed by atoms with E-state index in [0.717, 1.165) is 37.5 Å². The van der Waals surface area contributed by atoms with E-state index in [2.05, 4.69) is 15.2 Å². The summed E-state index contributed by atoms with van der Waals surface area (Å²) in [6.07, 6.45) is 1.75. The van der Waals surface area contributed by atoms with E-state index in [1.165, 1.54) is 0 Å². The molecule has 2 heterocycles. The van der Waals surface area contributed by atoms with Gasteiger partial charge in [-0.05, 0) is 17.6 Å². The maximum Gasteiger partial charge on any atom is 0.304 e. The predicted octanol–water partition coefficient (Wildman–Crippen LogP) is -1.54. The van der Waals surface area contributed by atoms with E-state index in [1.807, 2.05) is 12.1 Å². The maximum atomic E-state index is 9.00. The molecule has 14 heavy (non-hydrogen) atoms. The quantitative estimate of drug-likeness (QED) is 0.556.